The molecule has 1 amide bonds. The van der Waals surface area contributed by atoms with Gasteiger partial charge in [-0.05, 0) is 74.1 Å². The van der Waals surface area contributed by atoms with E-state index >= 15 is 0 Å². The summed E-state index contributed by atoms with van der Waals surface area (Å²) in [6.45, 7) is 4.18. The molecule has 4 aromatic rings. The zero-order valence-electron chi connectivity index (χ0n) is 22.5. The fraction of sp³-hybridized carbons (Fsp3) is 0.323. The SMILES string of the molecule is CCOc1ccc(-n2c(SCC(=O)N3CCC(Cc4ccccc4)CC3)nnc2-c2cccc(OC)c2)cc1. The van der Waals surface area contributed by atoms with Crippen molar-refractivity contribution in [2.24, 2.45) is 5.92 Å². The maximum Gasteiger partial charge on any atom is 0.233 e. The van der Waals surface area contributed by atoms with Gasteiger partial charge in [0.05, 0.1) is 19.5 Å². The van der Waals surface area contributed by atoms with Crippen molar-refractivity contribution in [3.05, 3.63) is 84.4 Å². The minimum Gasteiger partial charge on any atom is -0.497 e. The Morgan fingerprint density at radius 2 is 1.72 bits per heavy atom. The van der Waals surface area contributed by atoms with Crippen LogP contribution in [0.5, 0.6) is 11.5 Å². The van der Waals surface area contributed by atoms with Crippen molar-refractivity contribution in [3.63, 3.8) is 0 Å². The number of carbonyl (C=O) groups excluding carboxylic acids is 1. The Balaban J connectivity index is 1.29. The lowest BCUT2D eigenvalue weighted by atomic mass is 9.90. The van der Waals surface area contributed by atoms with Gasteiger partial charge in [0.2, 0.25) is 5.91 Å². The number of thioether (sulfide) groups is 1. The molecule has 0 spiro atoms. The van der Waals surface area contributed by atoms with Crippen molar-refractivity contribution in [1.29, 1.82) is 0 Å². The predicted molar refractivity (Wildman–Crippen MR) is 155 cm³/mol. The first kappa shape index (κ1) is 26.8. The van der Waals surface area contributed by atoms with Gasteiger partial charge in [0, 0.05) is 24.3 Å². The summed E-state index contributed by atoms with van der Waals surface area (Å²) in [7, 11) is 1.65. The molecule has 0 atom stereocenters. The number of likely N-dealkylation sites (tertiary alicyclic amines) is 1. The van der Waals surface area contributed by atoms with Crippen LogP contribution in [0.2, 0.25) is 0 Å². The Bertz CT molecular complexity index is 1370. The zero-order valence-corrected chi connectivity index (χ0v) is 23.3. The number of ether oxygens (including phenoxy) is 2. The van der Waals surface area contributed by atoms with Gasteiger partial charge in [0.1, 0.15) is 11.5 Å². The maximum atomic E-state index is 13.2. The van der Waals surface area contributed by atoms with Crippen molar-refractivity contribution in [1.82, 2.24) is 19.7 Å². The van der Waals surface area contributed by atoms with Crippen LogP contribution in [-0.2, 0) is 11.2 Å². The fourth-order valence-corrected chi connectivity index (χ4v) is 5.81. The molecule has 2 heterocycles. The van der Waals surface area contributed by atoms with E-state index in [4.69, 9.17) is 9.47 Å². The molecule has 0 unspecified atom stereocenters. The number of hydrogen-bond donors (Lipinski definition) is 0. The Morgan fingerprint density at radius 1 is 0.949 bits per heavy atom. The molecule has 1 aliphatic rings. The third kappa shape index (κ3) is 6.63. The van der Waals surface area contributed by atoms with E-state index in [1.165, 1.54) is 17.3 Å². The predicted octanol–water partition coefficient (Wildman–Crippen LogP) is 5.92. The number of amides is 1. The molecule has 7 nitrogen and oxygen atoms in total. The summed E-state index contributed by atoms with van der Waals surface area (Å²) in [6, 6.07) is 26.2. The lowest BCUT2D eigenvalue weighted by molar-refractivity contribution is -0.129. The summed E-state index contributed by atoms with van der Waals surface area (Å²) in [5, 5.41) is 9.68. The summed E-state index contributed by atoms with van der Waals surface area (Å²) in [6.07, 6.45) is 3.15. The van der Waals surface area contributed by atoms with Gasteiger partial charge in [-0.25, -0.2) is 0 Å². The van der Waals surface area contributed by atoms with Crippen molar-refractivity contribution in [2.75, 3.05) is 32.6 Å². The van der Waals surface area contributed by atoms with Crippen molar-refractivity contribution in [2.45, 2.75) is 31.3 Å². The monoisotopic (exact) mass is 542 g/mol. The fourth-order valence-electron chi connectivity index (χ4n) is 4.95. The second-order valence-electron chi connectivity index (χ2n) is 9.60. The minimum absolute atomic E-state index is 0.141. The standard InChI is InChI=1S/C31H34N4O3S/c1-3-38-27-14-12-26(13-15-27)35-30(25-10-7-11-28(21-25)37-2)32-33-31(35)39-22-29(36)34-18-16-24(17-19-34)20-23-8-5-4-6-9-23/h4-15,21,24H,3,16-20,22H2,1-2H3. The average Bonchev–Trinajstić information content (AvgIpc) is 3.41. The Kier molecular flexibility index (Phi) is 8.83. The van der Waals surface area contributed by atoms with Gasteiger partial charge >= 0.3 is 0 Å². The second kappa shape index (κ2) is 12.8. The molecule has 0 saturated carbocycles. The van der Waals surface area contributed by atoms with Crippen molar-refractivity contribution in [3.8, 4) is 28.6 Å². The van der Waals surface area contributed by atoms with Crippen molar-refractivity contribution >= 4 is 17.7 Å². The second-order valence-corrected chi connectivity index (χ2v) is 10.5. The Labute approximate surface area is 234 Å². The molecule has 0 aliphatic carbocycles. The molecular weight excluding hydrogens is 508 g/mol. The smallest absolute Gasteiger partial charge is 0.233 e. The first-order chi connectivity index (χ1) is 19.1. The molecule has 8 heteroatoms. The van der Waals surface area contributed by atoms with E-state index in [1.54, 1.807) is 7.11 Å². The molecule has 0 radical (unpaired) electrons. The zero-order chi connectivity index (χ0) is 27.0. The molecular formula is C31H34N4O3S. The van der Waals surface area contributed by atoms with Crippen LogP contribution in [-0.4, -0.2) is 58.1 Å². The molecule has 202 valence electrons. The van der Waals surface area contributed by atoms with E-state index in [0.29, 0.717) is 29.3 Å². The number of piperidine rings is 1. The number of hydrogen-bond acceptors (Lipinski definition) is 6. The number of methoxy groups -OCH3 is 1. The molecule has 39 heavy (non-hydrogen) atoms. The molecule has 0 N–H and O–H groups in total. The molecule has 1 aromatic heterocycles. The average molecular weight is 543 g/mol. The molecule has 1 aliphatic heterocycles. The number of nitrogens with zero attached hydrogens (tertiary/aromatic N) is 4. The molecule has 3 aromatic carbocycles. The lowest BCUT2D eigenvalue weighted by Crippen LogP contribution is -2.39. The van der Waals surface area contributed by atoms with E-state index < -0.39 is 0 Å². The van der Waals surface area contributed by atoms with E-state index in [0.717, 1.165) is 55.1 Å². The largest absolute Gasteiger partial charge is 0.497 e. The van der Waals surface area contributed by atoms with E-state index in [-0.39, 0.29) is 5.91 Å². The molecule has 5 rings (SSSR count). The summed E-state index contributed by atoms with van der Waals surface area (Å²) in [5.74, 6) is 3.32. The van der Waals surface area contributed by atoms with Crippen LogP contribution < -0.4 is 9.47 Å². The third-order valence-electron chi connectivity index (χ3n) is 7.03. The van der Waals surface area contributed by atoms with Crippen LogP contribution >= 0.6 is 11.8 Å². The molecule has 1 fully saturated rings. The summed E-state index contributed by atoms with van der Waals surface area (Å²) < 4.78 is 13.1. The Morgan fingerprint density at radius 3 is 2.44 bits per heavy atom. The number of carbonyl (C=O) groups is 1. The summed E-state index contributed by atoms with van der Waals surface area (Å²) in [5.41, 5.74) is 3.16. The first-order valence-corrected chi connectivity index (χ1v) is 14.4. The topological polar surface area (TPSA) is 69.5 Å². The minimum atomic E-state index is 0.141. The molecule has 0 bridgehead atoms. The third-order valence-corrected chi connectivity index (χ3v) is 7.94. The van der Waals surface area contributed by atoms with Crippen LogP contribution in [0.25, 0.3) is 17.1 Å². The quantitative estimate of drug-likeness (QED) is 0.232. The van der Waals surface area contributed by atoms with Gasteiger partial charge < -0.3 is 14.4 Å². The lowest BCUT2D eigenvalue weighted by Gasteiger charge is -2.32. The highest BCUT2D eigenvalue weighted by Crippen LogP contribution is 2.31. The molecule has 1 saturated heterocycles. The number of rotatable bonds is 10. The van der Waals surface area contributed by atoms with E-state index in [1.807, 2.05) is 64.9 Å². The number of aromatic nitrogens is 3. The number of benzene rings is 3. The van der Waals surface area contributed by atoms with Crippen molar-refractivity contribution < 1.29 is 14.3 Å². The van der Waals surface area contributed by atoms with Crippen LogP contribution in [0.3, 0.4) is 0 Å². The highest BCUT2D eigenvalue weighted by atomic mass is 32.2. The van der Waals surface area contributed by atoms with Gasteiger partial charge in [0.25, 0.3) is 0 Å². The summed E-state index contributed by atoms with van der Waals surface area (Å²) >= 11 is 1.42. The van der Waals surface area contributed by atoms with Gasteiger partial charge in [0.15, 0.2) is 11.0 Å². The van der Waals surface area contributed by atoms with Crippen LogP contribution in [0.4, 0.5) is 0 Å². The van der Waals surface area contributed by atoms with Gasteiger partial charge in [-0.1, -0.05) is 54.2 Å². The van der Waals surface area contributed by atoms with Gasteiger partial charge in [-0.2, -0.15) is 0 Å². The first-order valence-electron chi connectivity index (χ1n) is 13.4. The normalized spacial score (nSPS) is 13.8. The Hall–Kier alpha value is -3.78. The maximum absolute atomic E-state index is 13.2. The van der Waals surface area contributed by atoms with E-state index in [9.17, 15) is 4.79 Å². The van der Waals surface area contributed by atoms with Gasteiger partial charge in [-0.3, -0.25) is 9.36 Å². The van der Waals surface area contributed by atoms with Crippen LogP contribution in [0.15, 0.2) is 84.0 Å². The van der Waals surface area contributed by atoms with Gasteiger partial charge in [-0.15, -0.1) is 10.2 Å². The van der Waals surface area contributed by atoms with Crippen LogP contribution in [0, 0.1) is 5.92 Å². The van der Waals surface area contributed by atoms with Crippen LogP contribution in [0.1, 0.15) is 25.3 Å². The van der Waals surface area contributed by atoms with E-state index in [2.05, 4.69) is 40.5 Å². The highest BCUT2D eigenvalue weighted by Gasteiger charge is 2.24. The highest BCUT2D eigenvalue weighted by molar-refractivity contribution is 7.99. The summed E-state index contributed by atoms with van der Waals surface area (Å²) in [4.78, 5) is 15.2.